The number of ether oxygens (including phenoxy) is 2. The number of H-pyrrole nitrogens is 2. The molecule has 0 saturated carbocycles. The molecule has 9 heteroatoms. The van der Waals surface area contributed by atoms with Gasteiger partial charge in [-0.3, -0.25) is 14.5 Å². The van der Waals surface area contributed by atoms with Gasteiger partial charge in [0.15, 0.2) is 11.2 Å². The topological polar surface area (TPSA) is 119 Å². The Hall–Kier alpha value is -2.42. The molecule has 0 aliphatic carbocycles. The van der Waals surface area contributed by atoms with Crippen molar-refractivity contribution in [2.75, 3.05) is 20.3 Å². The molecule has 2 aromatic rings. The zero-order valence-electron chi connectivity index (χ0n) is 11.8. The van der Waals surface area contributed by atoms with Crippen LogP contribution >= 0.6 is 0 Å². The molecule has 2 N–H and O–H groups in total. The van der Waals surface area contributed by atoms with Crippen LogP contribution in [0.1, 0.15) is 23.8 Å². The second-order valence-corrected chi connectivity index (χ2v) is 4.31. The van der Waals surface area contributed by atoms with Gasteiger partial charge < -0.3 is 14.5 Å². The van der Waals surface area contributed by atoms with Gasteiger partial charge in [0, 0.05) is 6.61 Å². The van der Waals surface area contributed by atoms with E-state index in [4.69, 9.17) is 4.74 Å². The standard InChI is InChI=1S/C12H16N4O5/c1-3-5-21-6-4-16-9-7(8(15-16)11(18)20-2)13-12(19)14-10(9)17/h3-6H2,1-2H3,(H2,13,14,17,19). The van der Waals surface area contributed by atoms with E-state index in [1.165, 1.54) is 11.8 Å². The summed E-state index contributed by atoms with van der Waals surface area (Å²) in [6.45, 7) is 3.19. The number of hydrogen-bond acceptors (Lipinski definition) is 6. The van der Waals surface area contributed by atoms with Crippen molar-refractivity contribution in [1.29, 1.82) is 0 Å². The van der Waals surface area contributed by atoms with Crippen LogP contribution in [-0.2, 0) is 16.0 Å². The summed E-state index contributed by atoms with van der Waals surface area (Å²) in [5.74, 6) is -0.727. The summed E-state index contributed by atoms with van der Waals surface area (Å²) in [7, 11) is 1.20. The lowest BCUT2D eigenvalue weighted by atomic mass is 10.3. The van der Waals surface area contributed by atoms with Gasteiger partial charge in [0.1, 0.15) is 5.52 Å². The second-order valence-electron chi connectivity index (χ2n) is 4.31. The maximum atomic E-state index is 11.9. The fraction of sp³-hybridized carbons (Fsp3) is 0.500. The van der Waals surface area contributed by atoms with E-state index in [9.17, 15) is 14.4 Å². The maximum Gasteiger partial charge on any atom is 0.360 e. The first-order valence-electron chi connectivity index (χ1n) is 6.47. The van der Waals surface area contributed by atoms with E-state index in [0.717, 1.165) is 6.42 Å². The van der Waals surface area contributed by atoms with Crippen molar-refractivity contribution in [3.8, 4) is 0 Å². The molecule has 2 aromatic heterocycles. The zero-order chi connectivity index (χ0) is 15.4. The molecular formula is C12H16N4O5. The number of fused-ring (bicyclic) bond motifs is 1. The molecule has 9 nitrogen and oxygen atoms in total. The summed E-state index contributed by atoms with van der Waals surface area (Å²) in [5.41, 5.74) is -1.27. The van der Waals surface area contributed by atoms with E-state index in [-0.39, 0.29) is 23.3 Å². The van der Waals surface area contributed by atoms with Crippen molar-refractivity contribution in [3.05, 3.63) is 26.5 Å². The molecule has 0 spiro atoms. The van der Waals surface area contributed by atoms with Gasteiger partial charge in [-0.15, -0.1) is 0 Å². The summed E-state index contributed by atoms with van der Waals surface area (Å²) in [5, 5.41) is 4.03. The van der Waals surface area contributed by atoms with Crippen LogP contribution in [0, 0.1) is 0 Å². The number of aromatic nitrogens is 4. The molecule has 0 fully saturated rings. The lowest BCUT2D eigenvalue weighted by Gasteiger charge is -2.03. The number of hydrogen-bond donors (Lipinski definition) is 2. The number of carbonyl (C=O) groups is 1. The number of rotatable bonds is 6. The third-order valence-corrected chi connectivity index (χ3v) is 2.81. The van der Waals surface area contributed by atoms with Gasteiger partial charge >= 0.3 is 11.7 Å². The number of esters is 1. The molecule has 2 heterocycles. The Balaban J connectivity index is 2.48. The van der Waals surface area contributed by atoms with Crippen LogP contribution in [-0.4, -0.2) is 46.0 Å². The Morgan fingerprint density at radius 3 is 2.71 bits per heavy atom. The summed E-state index contributed by atoms with van der Waals surface area (Å²) < 4.78 is 11.3. The van der Waals surface area contributed by atoms with Gasteiger partial charge in [0.05, 0.1) is 20.3 Å². The SMILES string of the molecule is CCCOCCn1nc(C(=O)OC)c2[nH]c(=O)[nH]c(=O)c21. The smallest absolute Gasteiger partial charge is 0.360 e. The number of methoxy groups -OCH3 is 1. The van der Waals surface area contributed by atoms with Crippen molar-refractivity contribution in [3.63, 3.8) is 0 Å². The highest BCUT2D eigenvalue weighted by Crippen LogP contribution is 2.12. The third kappa shape index (κ3) is 3.02. The lowest BCUT2D eigenvalue weighted by molar-refractivity contribution is 0.0594. The van der Waals surface area contributed by atoms with Gasteiger partial charge in [-0.25, -0.2) is 9.59 Å². The number of nitrogens with one attached hydrogen (secondary N) is 2. The summed E-state index contributed by atoms with van der Waals surface area (Å²) in [6, 6.07) is 0. The fourth-order valence-corrected chi connectivity index (χ4v) is 1.92. The van der Waals surface area contributed by atoms with Gasteiger partial charge in [0.2, 0.25) is 0 Å². The molecule has 21 heavy (non-hydrogen) atoms. The fourth-order valence-electron chi connectivity index (χ4n) is 1.92. The summed E-state index contributed by atoms with van der Waals surface area (Å²) in [6.07, 6.45) is 0.876. The maximum absolute atomic E-state index is 11.9. The average Bonchev–Trinajstić information content (AvgIpc) is 2.81. The minimum Gasteiger partial charge on any atom is -0.464 e. The zero-order valence-corrected chi connectivity index (χ0v) is 11.8. The predicted octanol–water partition coefficient (Wildman–Crippen LogP) is -0.374. The van der Waals surface area contributed by atoms with Crippen LogP contribution in [0.15, 0.2) is 9.59 Å². The number of nitrogens with zero attached hydrogens (tertiary/aromatic N) is 2. The van der Waals surface area contributed by atoms with Crippen LogP contribution in [0.3, 0.4) is 0 Å². The molecule has 0 saturated heterocycles. The first-order chi connectivity index (χ1) is 10.1. The summed E-state index contributed by atoms with van der Waals surface area (Å²) >= 11 is 0. The Morgan fingerprint density at radius 2 is 2.05 bits per heavy atom. The molecule has 0 atom stereocenters. The highest BCUT2D eigenvalue weighted by Gasteiger charge is 2.21. The summed E-state index contributed by atoms with van der Waals surface area (Å²) in [4.78, 5) is 39.4. The van der Waals surface area contributed by atoms with Gasteiger partial charge in [0.25, 0.3) is 5.56 Å². The third-order valence-electron chi connectivity index (χ3n) is 2.81. The van der Waals surface area contributed by atoms with E-state index in [0.29, 0.717) is 13.2 Å². The van der Waals surface area contributed by atoms with Gasteiger partial charge in [-0.05, 0) is 6.42 Å². The second kappa shape index (κ2) is 6.35. The molecule has 0 aromatic carbocycles. The predicted molar refractivity (Wildman–Crippen MR) is 73.4 cm³/mol. The molecule has 114 valence electrons. The van der Waals surface area contributed by atoms with E-state index in [1.807, 2.05) is 6.92 Å². The quantitative estimate of drug-likeness (QED) is 0.554. The Morgan fingerprint density at radius 1 is 1.29 bits per heavy atom. The van der Waals surface area contributed by atoms with Crippen LogP contribution in [0.4, 0.5) is 0 Å². The Labute approximate surface area is 118 Å². The first-order valence-corrected chi connectivity index (χ1v) is 6.47. The molecule has 0 radical (unpaired) electrons. The molecule has 0 unspecified atom stereocenters. The van der Waals surface area contributed by atoms with Crippen molar-refractivity contribution in [1.82, 2.24) is 19.7 Å². The first kappa shape index (κ1) is 15.0. The van der Waals surface area contributed by atoms with Crippen LogP contribution in [0.25, 0.3) is 11.0 Å². The van der Waals surface area contributed by atoms with E-state index >= 15 is 0 Å². The van der Waals surface area contributed by atoms with Crippen LogP contribution in [0.2, 0.25) is 0 Å². The monoisotopic (exact) mass is 296 g/mol. The lowest BCUT2D eigenvalue weighted by Crippen LogP contribution is -2.24. The van der Waals surface area contributed by atoms with Crippen LogP contribution in [0.5, 0.6) is 0 Å². The Kier molecular flexibility index (Phi) is 4.53. The van der Waals surface area contributed by atoms with Crippen molar-refractivity contribution >= 4 is 17.0 Å². The van der Waals surface area contributed by atoms with Crippen molar-refractivity contribution in [2.45, 2.75) is 19.9 Å². The highest BCUT2D eigenvalue weighted by molar-refractivity contribution is 5.99. The van der Waals surface area contributed by atoms with Crippen molar-refractivity contribution in [2.24, 2.45) is 0 Å². The molecular weight excluding hydrogens is 280 g/mol. The van der Waals surface area contributed by atoms with E-state index in [2.05, 4.69) is 19.8 Å². The van der Waals surface area contributed by atoms with Crippen LogP contribution < -0.4 is 11.2 Å². The highest BCUT2D eigenvalue weighted by atomic mass is 16.5. The molecule has 0 aliphatic rings. The van der Waals surface area contributed by atoms with Gasteiger partial charge in [-0.2, -0.15) is 5.10 Å². The number of carbonyl (C=O) groups excluding carboxylic acids is 1. The molecule has 0 aliphatic heterocycles. The average molecular weight is 296 g/mol. The van der Waals surface area contributed by atoms with Crippen molar-refractivity contribution < 1.29 is 14.3 Å². The number of aromatic amines is 2. The largest absolute Gasteiger partial charge is 0.464 e. The molecule has 0 bridgehead atoms. The normalized spacial score (nSPS) is 11.0. The minimum atomic E-state index is -0.727. The minimum absolute atomic E-state index is 0.0612. The molecule has 0 amide bonds. The van der Waals surface area contributed by atoms with E-state index < -0.39 is 17.2 Å². The van der Waals surface area contributed by atoms with Gasteiger partial charge in [-0.1, -0.05) is 6.92 Å². The van der Waals surface area contributed by atoms with E-state index in [1.54, 1.807) is 0 Å². The Bertz CT molecular complexity index is 757. The molecule has 2 rings (SSSR count).